The molecule has 0 aliphatic rings. The standard InChI is InChI=1S/C11H16N2O3/c1-8(2)13(7-11(12)15)6-9(14)10-4-3-5-16-10/h3-5,8H,6-7H2,1-2H3,(H2,12,15). The number of furan rings is 1. The average molecular weight is 224 g/mol. The maximum absolute atomic E-state index is 11.7. The first-order valence-corrected chi connectivity index (χ1v) is 5.09. The van der Waals surface area contributed by atoms with Gasteiger partial charge in [0.15, 0.2) is 5.76 Å². The van der Waals surface area contributed by atoms with Crippen molar-refractivity contribution in [1.29, 1.82) is 0 Å². The molecule has 88 valence electrons. The zero-order valence-electron chi connectivity index (χ0n) is 9.47. The van der Waals surface area contributed by atoms with Gasteiger partial charge in [-0.05, 0) is 26.0 Å². The van der Waals surface area contributed by atoms with Crippen molar-refractivity contribution in [3.05, 3.63) is 24.2 Å². The van der Waals surface area contributed by atoms with Crippen molar-refractivity contribution in [2.45, 2.75) is 19.9 Å². The van der Waals surface area contributed by atoms with Crippen molar-refractivity contribution in [2.75, 3.05) is 13.1 Å². The summed E-state index contributed by atoms with van der Waals surface area (Å²) in [4.78, 5) is 24.2. The van der Waals surface area contributed by atoms with Gasteiger partial charge in [0.25, 0.3) is 0 Å². The number of hydrogen-bond donors (Lipinski definition) is 1. The molecule has 0 radical (unpaired) electrons. The molecule has 0 aliphatic heterocycles. The number of nitrogens with two attached hydrogens (primary N) is 1. The summed E-state index contributed by atoms with van der Waals surface area (Å²) < 4.78 is 4.99. The Morgan fingerprint density at radius 1 is 1.44 bits per heavy atom. The summed E-state index contributed by atoms with van der Waals surface area (Å²) in [6.45, 7) is 4.01. The van der Waals surface area contributed by atoms with Crippen molar-refractivity contribution in [2.24, 2.45) is 5.73 Å². The smallest absolute Gasteiger partial charge is 0.231 e. The van der Waals surface area contributed by atoms with E-state index in [0.29, 0.717) is 5.76 Å². The number of carbonyl (C=O) groups is 2. The van der Waals surface area contributed by atoms with Crippen LogP contribution in [0.3, 0.4) is 0 Å². The fraction of sp³-hybridized carbons (Fsp3) is 0.455. The lowest BCUT2D eigenvalue weighted by Crippen LogP contribution is -2.41. The summed E-state index contributed by atoms with van der Waals surface area (Å²) in [6, 6.07) is 3.33. The molecule has 5 heteroatoms. The van der Waals surface area contributed by atoms with Gasteiger partial charge < -0.3 is 10.2 Å². The van der Waals surface area contributed by atoms with Crippen LogP contribution in [0.15, 0.2) is 22.8 Å². The van der Waals surface area contributed by atoms with Gasteiger partial charge in [-0.3, -0.25) is 14.5 Å². The van der Waals surface area contributed by atoms with Gasteiger partial charge in [-0.2, -0.15) is 0 Å². The average Bonchev–Trinajstić information content (AvgIpc) is 2.68. The molecule has 1 aromatic rings. The Morgan fingerprint density at radius 3 is 2.56 bits per heavy atom. The maximum atomic E-state index is 11.7. The molecule has 0 saturated heterocycles. The van der Waals surface area contributed by atoms with Crippen LogP contribution in [0.1, 0.15) is 24.4 Å². The third-order valence-electron chi connectivity index (χ3n) is 2.23. The molecule has 0 aromatic carbocycles. The summed E-state index contributed by atoms with van der Waals surface area (Å²) in [5.74, 6) is -0.295. The molecular weight excluding hydrogens is 208 g/mol. The van der Waals surface area contributed by atoms with Gasteiger partial charge in [0, 0.05) is 6.04 Å². The van der Waals surface area contributed by atoms with Gasteiger partial charge in [0.05, 0.1) is 19.4 Å². The van der Waals surface area contributed by atoms with Crippen LogP contribution in [0.4, 0.5) is 0 Å². The number of primary amides is 1. The Bertz CT molecular complexity index is 357. The first-order valence-electron chi connectivity index (χ1n) is 5.09. The summed E-state index contributed by atoms with van der Waals surface area (Å²) in [5, 5.41) is 0. The molecule has 0 unspecified atom stereocenters. The molecule has 0 atom stereocenters. The van der Waals surface area contributed by atoms with Crippen molar-refractivity contribution < 1.29 is 14.0 Å². The van der Waals surface area contributed by atoms with Crippen LogP contribution in [-0.4, -0.2) is 35.7 Å². The van der Waals surface area contributed by atoms with Crippen LogP contribution in [-0.2, 0) is 4.79 Å². The van der Waals surface area contributed by atoms with Gasteiger partial charge in [-0.15, -0.1) is 0 Å². The first-order chi connectivity index (χ1) is 7.50. The van der Waals surface area contributed by atoms with E-state index in [1.165, 1.54) is 6.26 Å². The lowest BCUT2D eigenvalue weighted by atomic mass is 10.2. The largest absolute Gasteiger partial charge is 0.461 e. The van der Waals surface area contributed by atoms with Crippen LogP contribution >= 0.6 is 0 Å². The molecule has 1 amide bonds. The molecule has 1 rings (SSSR count). The Hall–Kier alpha value is -1.62. The molecule has 5 nitrogen and oxygen atoms in total. The number of amides is 1. The zero-order chi connectivity index (χ0) is 12.1. The quantitative estimate of drug-likeness (QED) is 0.720. The van der Waals surface area contributed by atoms with Crippen molar-refractivity contribution in [3.8, 4) is 0 Å². The Kier molecular flexibility index (Phi) is 4.25. The van der Waals surface area contributed by atoms with Gasteiger partial charge in [-0.25, -0.2) is 0 Å². The van der Waals surface area contributed by atoms with E-state index in [-0.39, 0.29) is 24.9 Å². The van der Waals surface area contributed by atoms with Crippen LogP contribution in [0.25, 0.3) is 0 Å². The van der Waals surface area contributed by atoms with Crippen molar-refractivity contribution in [3.63, 3.8) is 0 Å². The van der Waals surface area contributed by atoms with Crippen LogP contribution in [0.5, 0.6) is 0 Å². The normalized spacial score (nSPS) is 11.0. The third kappa shape index (κ3) is 3.51. The maximum Gasteiger partial charge on any atom is 0.231 e. The van der Waals surface area contributed by atoms with E-state index < -0.39 is 5.91 Å². The van der Waals surface area contributed by atoms with Gasteiger partial charge in [-0.1, -0.05) is 0 Å². The molecule has 0 bridgehead atoms. The van der Waals surface area contributed by atoms with E-state index in [4.69, 9.17) is 10.2 Å². The van der Waals surface area contributed by atoms with E-state index in [2.05, 4.69) is 0 Å². The Morgan fingerprint density at radius 2 is 2.12 bits per heavy atom. The number of rotatable bonds is 6. The SMILES string of the molecule is CC(C)N(CC(N)=O)CC(=O)c1ccco1. The van der Waals surface area contributed by atoms with Gasteiger partial charge in [0.1, 0.15) is 0 Å². The molecule has 2 N–H and O–H groups in total. The van der Waals surface area contributed by atoms with Crippen LogP contribution < -0.4 is 5.73 Å². The topological polar surface area (TPSA) is 76.5 Å². The van der Waals surface area contributed by atoms with Crippen molar-refractivity contribution in [1.82, 2.24) is 4.90 Å². The molecule has 0 spiro atoms. The summed E-state index contributed by atoms with van der Waals surface area (Å²) in [6.07, 6.45) is 1.45. The second kappa shape index (κ2) is 5.46. The summed E-state index contributed by atoms with van der Waals surface area (Å²) in [7, 11) is 0. The number of carbonyl (C=O) groups excluding carboxylic acids is 2. The number of nitrogens with zero attached hydrogens (tertiary/aromatic N) is 1. The molecule has 1 heterocycles. The van der Waals surface area contributed by atoms with Crippen molar-refractivity contribution >= 4 is 11.7 Å². The van der Waals surface area contributed by atoms with E-state index in [0.717, 1.165) is 0 Å². The number of hydrogen-bond acceptors (Lipinski definition) is 4. The van der Waals surface area contributed by atoms with E-state index >= 15 is 0 Å². The van der Waals surface area contributed by atoms with Crippen LogP contribution in [0, 0.1) is 0 Å². The first kappa shape index (κ1) is 12.4. The summed E-state index contributed by atoms with van der Waals surface area (Å²) in [5.41, 5.74) is 5.11. The second-order valence-electron chi connectivity index (χ2n) is 3.87. The van der Waals surface area contributed by atoms with E-state index in [9.17, 15) is 9.59 Å². The minimum atomic E-state index is -0.444. The highest BCUT2D eigenvalue weighted by atomic mass is 16.3. The number of Topliss-reactive ketones (excluding diaryl/α,β-unsaturated/α-hetero) is 1. The van der Waals surface area contributed by atoms with E-state index in [1.54, 1.807) is 17.0 Å². The highest BCUT2D eigenvalue weighted by Crippen LogP contribution is 2.05. The molecular formula is C11H16N2O3. The minimum absolute atomic E-state index is 0.0735. The second-order valence-corrected chi connectivity index (χ2v) is 3.87. The molecule has 0 saturated carbocycles. The predicted molar refractivity (Wildman–Crippen MR) is 58.9 cm³/mol. The lowest BCUT2D eigenvalue weighted by molar-refractivity contribution is -0.119. The molecule has 16 heavy (non-hydrogen) atoms. The molecule has 1 aromatic heterocycles. The van der Waals surface area contributed by atoms with E-state index in [1.807, 2.05) is 13.8 Å². The highest BCUT2D eigenvalue weighted by molar-refractivity contribution is 5.95. The highest BCUT2D eigenvalue weighted by Gasteiger charge is 2.18. The monoisotopic (exact) mass is 224 g/mol. The fourth-order valence-corrected chi connectivity index (χ4v) is 1.32. The zero-order valence-corrected chi connectivity index (χ0v) is 9.47. The van der Waals surface area contributed by atoms with Gasteiger partial charge in [0.2, 0.25) is 11.7 Å². The van der Waals surface area contributed by atoms with Crippen LogP contribution in [0.2, 0.25) is 0 Å². The summed E-state index contributed by atoms with van der Waals surface area (Å²) >= 11 is 0. The molecule has 0 aliphatic carbocycles. The Labute approximate surface area is 94.2 Å². The number of ketones is 1. The third-order valence-corrected chi connectivity index (χ3v) is 2.23. The molecule has 0 fully saturated rings. The fourth-order valence-electron chi connectivity index (χ4n) is 1.32. The Balaban J connectivity index is 2.61. The van der Waals surface area contributed by atoms with Gasteiger partial charge >= 0.3 is 0 Å². The minimum Gasteiger partial charge on any atom is -0.461 e. The predicted octanol–water partition coefficient (Wildman–Crippen LogP) is 0.658. The lowest BCUT2D eigenvalue weighted by Gasteiger charge is -2.23.